The molecule has 574 valence electrons. The summed E-state index contributed by atoms with van der Waals surface area (Å²) in [6.45, 7) is 2.32. The first kappa shape index (κ1) is 95.9. The fourth-order valence-electron chi connectivity index (χ4n) is 9.61. The topological polar surface area (TPSA) is 231 Å². The molecule has 0 saturated heterocycles. The first-order chi connectivity index (χ1) is 49.2. The second-order valence-corrected chi connectivity index (χ2v) is 27.9. The Labute approximate surface area is 612 Å². The van der Waals surface area contributed by atoms with Crippen molar-refractivity contribution in [2.45, 2.75) is 296 Å². The van der Waals surface area contributed by atoms with Crippen LogP contribution >= 0.6 is 15.6 Å². The van der Waals surface area contributed by atoms with Gasteiger partial charge in [0.1, 0.15) is 25.4 Å². The van der Waals surface area contributed by atoms with Crippen LogP contribution in [0.25, 0.3) is 0 Å². The van der Waals surface area contributed by atoms with Crippen LogP contribution in [0.1, 0.15) is 278 Å². The normalized spacial score (nSPS) is 15.0. The number of rotatable bonds is 71. The van der Waals surface area contributed by atoms with Gasteiger partial charge in [0, 0.05) is 19.3 Å². The number of esters is 3. The third kappa shape index (κ3) is 75.9. The average Bonchev–Trinajstić information content (AvgIpc) is 0.949. The second-order valence-electron chi connectivity index (χ2n) is 25.0. The van der Waals surface area contributed by atoms with Crippen molar-refractivity contribution in [2.24, 2.45) is 0 Å². The van der Waals surface area contributed by atoms with Gasteiger partial charge in [-0.2, -0.15) is 0 Å². The lowest BCUT2D eigenvalue weighted by Gasteiger charge is -2.21. The molecule has 5 unspecified atom stereocenters. The molecule has 4 N–H and O–H groups in total. The molecular weight excluding hydrogens is 1310 g/mol. The number of phosphoric acid groups is 2. The van der Waals surface area contributed by atoms with E-state index in [1.165, 1.54) is 19.3 Å². The van der Waals surface area contributed by atoms with Crippen LogP contribution in [-0.4, -0.2) is 95.9 Å². The smallest absolute Gasteiger partial charge is 0.463 e. The monoisotopic (exact) mass is 1450 g/mol. The summed E-state index contributed by atoms with van der Waals surface area (Å²) in [6.07, 6.45) is 94.0. The maximum Gasteiger partial charge on any atom is 0.472 e. The Morgan fingerprint density at radius 1 is 0.287 bits per heavy atom. The minimum atomic E-state index is -4.94. The van der Waals surface area contributed by atoms with E-state index in [2.05, 4.69) is 191 Å². The maximum absolute atomic E-state index is 12.9. The number of ether oxygens (including phenoxy) is 3. The van der Waals surface area contributed by atoms with Crippen LogP contribution in [0, 0.1) is 0 Å². The van der Waals surface area contributed by atoms with Crippen LogP contribution in [0.4, 0.5) is 0 Å². The Balaban J connectivity index is 4.59. The molecule has 0 bridgehead atoms. The van der Waals surface area contributed by atoms with Gasteiger partial charge in [0.25, 0.3) is 0 Å². The SMILES string of the molecule is CC/C=C\C/C=C\C/C=C\C/C=C\C/C=C\C/C=C\CCCCCCCCCCC(=O)OCC(O)COP(=O)(O)OCC(O)COP(=O)(O)OCC(COC(=O)CCCCCCCC/C=C\C/C=C\C/C=C\C/C=C\C/C=C\C/C=C\CC)OC(=O)CCCCCCC/C=C\C/C=C\CCC. The van der Waals surface area contributed by atoms with Crippen LogP contribution in [0.15, 0.2) is 170 Å². The van der Waals surface area contributed by atoms with E-state index in [1.54, 1.807) is 0 Å². The molecule has 0 fully saturated rings. The number of unbranched alkanes of at least 4 members (excludes halogenated alkanes) is 20. The van der Waals surface area contributed by atoms with E-state index in [1.807, 2.05) is 0 Å². The van der Waals surface area contributed by atoms with Crippen molar-refractivity contribution in [1.82, 2.24) is 0 Å². The van der Waals surface area contributed by atoms with Gasteiger partial charge in [-0.05, 0) is 148 Å². The van der Waals surface area contributed by atoms with Gasteiger partial charge >= 0.3 is 33.6 Å². The van der Waals surface area contributed by atoms with E-state index < -0.39 is 91.5 Å². The number of carbonyl (C=O) groups excluding carboxylic acids is 3. The number of hydrogen-bond acceptors (Lipinski definition) is 14. The van der Waals surface area contributed by atoms with Crippen molar-refractivity contribution in [3.8, 4) is 0 Å². The maximum atomic E-state index is 12.9. The van der Waals surface area contributed by atoms with Gasteiger partial charge in [-0.1, -0.05) is 281 Å². The number of phosphoric ester groups is 2. The largest absolute Gasteiger partial charge is 0.472 e. The van der Waals surface area contributed by atoms with Crippen molar-refractivity contribution in [1.29, 1.82) is 0 Å². The van der Waals surface area contributed by atoms with Gasteiger partial charge in [0.2, 0.25) is 0 Å². The summed E-state index contributed by atoms with van der Waals surface area (Å²) in [5.74, 6) is -1.63. The van der Waals surface area contributed by atoms with E-state index >= 15 is 0 Å². The fourth-order valence-corrected chi connectivity index (χ4v) is 11.2. The average molecular weight is 1450 g/mol. The molecule has 0 aromatic heterocycles. The van der Waals surface area contributed by atoms with Gasteiger partial charge < -0.3 is 34.2 Å². The number of allylic oxidation sites excluding steroid dienone is 28. The van der Waals surface area contributed by atoms with Crippen LogP contribution in [-0.2, 0) is 55.8 Å². The molecular formula is C83H136O16P2. The first-order valence-corrected chi connectivity index (χ1v) is 41.4. The third-order valence-corrected chi connectivity index (χ3v) is 17.3. The minimum Gasteiger partial charge on any atom is -0.463 e. The molecule has 0 rings (SSSR count). The van der Waals surface area contributed by atoms with Gasteiger partial charge in [-0.15, -0.1) is 0 Å². The zero-order valence-electron chi connectivity index (χ0n) is 62.5. The molecule has 0 aliphatic rings. The number of hydrogen-bond donors (Lipinski definition) is 4. The number of aliphatic hydroxyl groups is 2. The summed E-state index contributed by atoms with van der Waals surface area (Å²) >= 11 is 0. The molecule has 0 saturated carbocycles. The number of aliphatic hydroxyl groups excluding tert-OH is 2. The van der Waals surface area contributed by atoms with Gasteiger partial charge in [-0.3, -0.25) is 32.5 Å². The lowest BCUT2D eigenvalue weighted by Crippen LogP contribution is -2.30. The van der Waals surface area contributed by atoms with Crippen LogP contribution in [0.5, 0.6) is 0 Å². The quantitative estimate of drug-likeness (QED) is 0.0146. The van der Waals surface area contributed by atoms with Crippen LogP contribution in [0.2, 0.25) is 0 Å². The molecule has 0 radical (unpaired) electrons. The Hall–Kier alpha value is -5.09. The molecule has 0 heterocycles. The molecule has 18 heteroatoms. The van der Waals surface area contributed by atoms with Crippen molar-refractivity contribution >= 4 is 33.6 Å². The summed E-state index contributed by atoms with van der Waals surface area (Å²) in [5, 5.41) is 20.6. The van der Waals surface area contributed by atoms with Gasteiger partial charge in [0.15, 0.2) is 6.10 Å². The second kappa shape index (κ2) is 74.6. The summed E-state index contributed by atoms with van der Waals surface area (Å²) in [7, 11) is -9.81. The van der Waals surface area contributed by atoms with Gasteiger partial charge in [0.05, 0.1) is 26.4 Å². The summed E-state index contributed by atoms with van der Waals surface area (Å²) < 4.78 is 61.0. The van der Waals surface area contributed by atoms with E-state index in [-0.39, 0.29) is 19.3 Å². The highest BCUT2D eigenvalue weighted by Gasteiger charge is 2.29. The van der Waals surface area contributed by atoms with Gasteiger partial charge in [-0.25, -0.2) is 9.13 Å². The van der Waals surface area contributed by atoms with Crippen molar-refractivity contribution in [2.75, 3.05) is 39.6 Å². The van der Waals surface area contributed by atoms with E-state index in [4.69, 9.17) is 32.3 Å². The fraction of sp³-hybridized carbons (Fsp3) is 0.627. The molecule has 0 aromatic rings. The first-order valence-electron chi connectivity index (χ1n) is 38.4. The van der Waals surface area contributed by atoms with E-state index in [0.29, 0.717) is 19.3 Å². The lowest BCUT2D eigenvalue weighted by atomic mass is 10.1. The molecule has 5 atom stereocenters. The highest BCUT2D eigenvalue weighted by Crippen LogP contribution is 2.45. The Bertz CT molecular complexity index is 2520. The molecule has 101 heavy (non-hydrogen) atoms. The predicted molar refractivity (Wildman–Crippen MR) is 417 cm³/mol. The Morgan fingerprint density at radius 2 is 0.525 bits per heavy atom. The summed E-state index contributed by atoms with van der Waals surface area (Å²) in [5.41, 5.74) is 0. The predicted octanol–water partition coefficient (Wildman–Crippen LogP) is 22.4. The molecule has 0 aliphatic heterocycles. The summed E-state index contributed by atoms with van der Waals surface area (Å²) in [6, 6.07) is 0. The number of carbonyl (C=O) groups is 3. The highest BCUT2D eigenvalue weighted by atomic mass is 31.2. The molecule has 0 aromatic carbocycles. The van der Waals surface area contributed by atoms with Crippen molar-refractivity contribution in [3.05, 3.63) is 170 Å². The molecule has 0 aliphatic carbocycles. The van der Waals surface area contributed by atoms with Crippen LogP contribution in [0.3, 0.4) is 0 Å². The molecule has 0 spiro atoms. The standard InChI is InChI=1S/C83H136O16P2/c1-4-7-10-13-16-19-22-25-27-29-31-33-35-37-38-40-42-43-45-47-49-52-54-57-60-63-66-69-81(86)93-72-78(84)73-95-100(89,90)96-74-79(85)75-97-101(91,92)98-77-80(99-83(88)71-68-65-62-59-56-51-24-21-18-15-12-9-6-3)76-94-82(87)70-67-64-61-58-55-53-50-48-46-44-41-39-36-34-32-30-28-26-23-20-17-14-11-8-5-2/h7-8,10-12,15-17,19-21,24-28,31-34,37-39,41-43,46,48,78-80,84-85H,4-6,9,13-14,18,22-23,29-30,35-36,40,44-45,47,49-77H2,1-3H3,(H,89,90)(H,91,92)/b10-7-,11-8-,15-12-,19-16-,20-17-,24-21-,27-25-,28-26-,33-31-,34-32-,38-37-,41-39-,43-42-,48-46-. The summed E-state index contributed by atoms with van der Waals surface area (Å²) in [4.78, 5) is 58.6. The van der Waals surface area contributed by atoms with Crippen LogP contribution < -0.4 is 0 Å². The minimum absolute atomic E-state index is 0.0789. The molecule has 16 nitrogen and oxygen atoms in total. The van der Waals surface area contributed by atoms with E-state index in [0.717, 1.165) is 199 Å². The lowest BCUT2D eigenvalue weighted by molar-refractivity contribution is -0.161. The van der Waals surface area contributed by atoms with Crippen molar-refractivity contribution < 1.29 is 75.8 Å². The zero-order chi connectivity index (χ0) is 73.7. The van der Waals surface area contributed by atoms with Crippen molar-refractivity contribution in [3.63, 3.8) is 0 Å². The third-order valence-electron chi connectivity index (χ3n) is 15.4. The Kier molecular flexibility index (Phi) is 70.9. The van der Waals surface area contributed by atoms with E-state index in [9.17, 15) is 43.5 Å². The Morgan fingerprint density at radius 3 is 0.832 bits per heavy atom. The zero-order valence-corrected chi connectivity index (χ0v) is 64.3. The highest BCUT2D eigenvalue weighted by molar-refractivity contribution is 7.47. The molecule has 0 amide bonds.